The van der Waals surface area contributed by atoms with E-state index in [1.165, 1.54) is 0 Å². The number of benzene rings is 1. The Balaban J connectivity index is 1.91. The van der Waals surface area contributed by atoms with Gasteiger partial charge in [0.1, 0.15) is 6.04 Å². The van der Waals surface area contributed by atoms with Crippen LogP contribution in [0.25, 0.3) is 0 Å². The molecule has 152 valence electrons. The molecule has 8 nitrogen and oxygen atoms in total. The van der Waals surface area contributed by atoms with E-state index in [1.54, 1.807) is 4.90 Å². The lowest BCUT2D eigenvalue weighted by atomic mass is 10.0. The third-order valence-electron chi connectivity index (χ3n) is 5.15. The molecule has 2 heterocycles. The van der Waals surface area contributed by atoms with E-state index in [-0.39, 0.29) is 25.9 Å². The highest BCUT2D eigenvalue weighted by Crippen LogP contribution is 2.35. The first-order chi connectivity index (χ1) is 13.3. The number of aromatic nitrogens is 2. The minimum Gasteiger partial charge on any atom is -0.454 e. The van der Waals surface area contributed by atoms with E-state index in [2.05, 4.69) is 5.10 Å². The zero-order valence-corrected chi connectivity index (χ0v) is 17.1. The number of aliphatic hydroxyl groups excluding tert-OH is 1. The average molecular weight is 388 g/mol. The molecule has 0 saturated carbocycles. The van der Waals surface area contributed by atoms with Gasteiger partial charge in [-0.1, -0.05) is 6.07 Å². The molecule has 1 atom stereocenters. The van der Waals surface area contributed by atoms with Crippen LogP contribution in [-0.4, -0.2) is 64.6 Å². The summed E-state index contributed by atoms with van der Waals surface area (Å²) < 4.78 is 12.7. The molecular formula is C20H28N4O4. The fraction of sp³-hybridized carbons (Fsp3) is 0.500. The van der Waals surface area contributed by atoms with Gasteiger partial charge in [0.25, 0.3) is 0 Å². The van der Waals surface area contributed by atoms with E-state index in [4.69, 9.17) is 9.47 Å². The number of aryl methyl sites for hydroxylation is 2. The van der Waals surface area contributed by atoms with Gasteiger partial charge in [0.15, 0.2) is 11.5 Å². The summed E-state index contributed by atoms with van der Waals surface area (Å²) in [6, 6.07) is 5.06. The number of amides is 1. The van der Waals surface area contributed by atoms with Crippen LogP contribution in [-0.2, 0) is 18.4 Å². The van der Waals surface area contributed by atoms with Crippen LogP contribution in [0, 0.1) is 13.8 Å². The van der Waals surface area contributed by atoms with Crippen molar-refractivity contribution in [2.24, 2.45) is 7.05 Å². The number of hydrogen-bond acceptors (Lipinski definition) is 6. The Hall–Kier alpha value is -2.58. The Bertz CT molecular complexity index is 862. The molecule has 0 radical (unpaired) electrons. The first-order valence-corrected chi connectivity index (χ1v) is 9.28. The molecule has 1 aliphatic rings. The number of carbonyl (C=O) groups excluding carboxylic acids is 1. The van der Waals surface area contributed by atoms with E-state index in [0.717, 1.165) is 22.5 Å². The van der Waals surface area contributed by atoms with Crippen LogP contribution in [0.4, 0.5) is 0 Å². The van der Waals surface area contributed by atoms with Gasteiger partial charge in [-0.15, -0.1) is 0 Å². The summed E-state index contributed by atoms with van der Waals surface area (Å²) in [5.74, 6) is 1.24. The van der Waals surface area contributed by atoms with E-state index < -0.39 is 6.04 Å². The Morgan fingerprint density at radius 2 is 2.00 bits per heavy atom. The molecule has 8 heteroatoms. The van der Waals surface area contributed by atoms with Crippen molar-refractivity contribution in [3.63, 3.8) is 0 Å². The third kappa shape index (κ3) is 3.83. The van der Waals surface area contributed by atoms with Gasteiger partial charge in [0.05, 0.1) is 12.3 Å². The lowest BCUT2D eigenvalue weighted by Gasteiger charge is -2.31. The monoisotopic (exact) mass is 388 g/mol. The molecule has 2 aromatic rings. The van der Waals surface area contributed by atoms with Crippen molar-refractivity contribution in [2.45, 2.75) is 26.4 Å². The van der Waals surface area contributed by atoms with Crippen LogP contribution < -0.4 is 9.47 Å². The van der Waals surface area contributed by atoms with Crippen molar-refractivity contribution in [1.29, 1.82) is 0 Å². The zero-order chi connectivity index (χ0) is 20.4. The highest BCUT2D eigenvalue weighted by atomic mass is 16.7. The Kier molecular flexibility index (Phi) is 5.90. The minimum atomic E-state index is -0.502. The first kappa shape index (κ1) is 20.2. The molecule has 1 N–H and O–H groups in total. The van der Waals surface area contributed by atoms with Gasteiger partial charge in [-0.2, -0.15) is 5.10 Å². The molecule has 0 bridgehead atoms. The Morgan fingerprint density at radius 3 is 2.61 bits per heavy atom. The van der Waals surface area contributed by atoms with E-state index >= 15 is 0 Å². The van der Waals surface area contributed by atoms with Crippen LogP contribution in [0.1, 0.15) is 28.6 Å². The van der Waals surface area contributed by atoms with Crippen molar-refractivity contribution in [2.75, 3.05) is 34.0 Å². The maximum atomic E-state index is 13.5. The second-order valence-corrected chi connectivity index (χ2v) is 7.24. The maximum Gasteiger partial charge on any atom is 0.244 e. The predicted octanol–water partition coefficient (Wildman–Crippen LogP) is 1.39. The van der Waals surface area contributed by atoms with E-state index in [1.807, 2.05) is 62.8 Å². The standard InChI is InChI=1S/C20H28N4O4/c1-13-16(14(2)23(5)21-13)11-24(8-9-25)20(26)19(22(3)4)15-6-7-17-18(10-15)28-12-27-17/h6-7,10,19,25H,8-9,11-12H2,1-5H3/t19-/m1/s1. The molecular weight excluding hydrogens is 360 g/mol. The summed E-state index contributed by atoms with van der Waals surface area (Å²) in [4.78, 5) is 17.0. The van der Waals surface area contributed by atoms with Crippen LogP contribution in [0.15, 0.2) is 18.2 Å². The van der Waals surface area contributed by atoms with Crippen molar-refractivity contribution in [3.8, 4) is 11.5 Å². The number of carbonyl (C=O) groups is 1. The number of rotatable bonds is 7. The molecule has 1 aliphatic heterocycles. The number of fused-ring (bicyclic) bond motifs is 1. The molecule has 1 amide bonds. The third-order valence-corrected chi connectivity index (χ3v) is 5.15. The molecule has 28 heavy (non-hydrogen) atoms. The molecule has 1 aromatic heterocycles. The minimum absolute atomic E-state index is 0.0828. The molecule has 0 fully saturated rings. The Morgan fingerprint density at radius 1 is 1.29 bits per heavy atom. The van der Waals surface area contributed by atoms with Gasteiger partial charge in [0.2, 0.25) is 12.7 Å². The molecule has 0 spiro atoms. The van der Waals surface area contributed by atoms with Crippen LogP contribution in [0.2, 0.25) is 0 Å². The summed E-state index contributed by atoms with van der Waals surface area (Å²) in [5.41, 5.74) is 3.73. The number of aliphatic hydroxyl groups is 1. The molecule has 0 saturated heterocycles. The van der Waals surface area contributed by atoms with Crippen molar-refractivity contribution >= 4 is 5.91 Å². The smallest absolute Gasteiger partial charge is 0.244 e. The maximum absolute atomic E-state index is 13.5. The second kappa shape index (κ2) is 8.20. The molecule has 0 aliphatic carbocycles. The lowest BCUT2D eigenvalue weighted by molar-refractivity contribution is -0.137. The largest absolute Gasteiger partial charge is 0.454 e. The summed E-state index contributed by atoms with van der Waals surface area (Å²) in [6.45, 7) is 4.66. The quantitative estimate of drug-likeness (QED) is 0.772. The predicted molar refractivity (Wildman–Crippen MR) is 104 cm³/mol. The molecule has 1 aromatic carbocycles. The summed E-state index contributed by atoms with van der Waals surface area (Å²) in [6.07, 6.45) is 0. The van der Waals surface area contributed by atoms with E-state index in [9.17, 15) is 9.90 Å². The second-order valence-electron chi connectivity index (χ2n) is 7.24. The number of hydrogen-bond donors (Lipinski definition) is 1. The molecule has 0 unspecified atom stereocenters. The summed E-state index contributed by atoms with van der Waals surface area (Å²) in [5, 5.41) is 14.0. The fourth-order valence-electron chi connectivity index (χ4n) is 3.54. The van der Waals surface area contributed by atoms with Gasteiger partial charge >= 0.3 is 0 Å². The molecule has 3 rings (SSSR count). The van der Waals surface area contributed by atoms with Crippen LogP contribution >= 0.6 is 0 Å². The number of nitrogens with zero attached hydrogens (tertiary/aromatic N) is 4. The summed E-state index contributed by atoms with van der Waals surface area (Å²) >= 11 is 0. The van der Waals surface area contributed by atoms with Gasteiger partial charge in [-0.05, 0) is 45.6 Å². The van der Waals surface area contributed by atoms with Gasteiger partial charge < -0.3 is 19.5 Å². The van der Waals surface area contributed by atoms with Crippen molar-refractivity contribution in [1.82, 2.24) is 19.6 Å². The fourth-order valence-corrected chi connectivity index (χ4v) is 3.54. The Labute approximate surface area is 165 Å². The van der Waals surface area contributed by atoms with Gasteiger partial charge in [0, 0.05) is 31.4 Å². The number of ether oxygens (including phenoxy) is 2. The number of likely N-dealkylation sites (N-methyl/N-ethyl adjacent to an activating group) is 1. The zero-order valence-electron chi connectivity index (χ0n) is 17.1. The summed E-state index contributed by atoms with van der Waals surface area (Å²) in [7, 11) is 5.62. The highest BCUT2D eigenvalue weighted by Gasteiger charge is 2.30. The van der Waals surface area contributed by atoms with Gasteiger partial charge in [-0.3, -0.25) is 14.4 Å². The van der Waals surface area contributed by atoms with Crippen molar-refractivity contribution in [3.05, 3.63) is 40.7 Å². The average Bonchev–Trinajstić information content (AvgIpc) is 3.20. The van der Waals surface area contributed by atoms with Crippen molar-refractivity contribution < 1.29 is 19.4 Å². The van der Waals surface area contributed by atoms with Crippen LogP contribution in [0.5, 0.6) is 11.5 Å². The highest BCUT2D eigenvalue weighted by molar-refractivity contribution is 5.83. The first-order valence-electron chi connectivity index (χ1n) is 9.28. The SMILES string of the molecule is Cc1nn(C)c(C)c1CN(CCO)C(=O)[C@@H](c1ccc2c(c1)OCO2)N(C)C. The van der Waals surface area contributed by atoms with Crippen LogP contribution in [0.3, 0.4) is 0 Å². The normalized spacial score (nSPS) is 13.8. The topological polar surface area (TPSA) is 80.1 Å². The van der Waals surface area contributed by atoms with Gasteiger partial charge in [-0.25, -0.2) is 0 Å². The van der Waals surface area contributed by atoms with E-state index in [0.29, 0.717) is 18.0 Å². The lowest BCUT2D eigenvalue weighted by Crippen LogP contribution is -2.41.